The Morgan fingerprint density at radius 1 is 1.31 bits per heavy atom. The number of aryl methyl sites for hydroxylation is 1. The van der Waals surface area contributed by atoms with E-state index in [-0.39, 0.29) is 5.91 Å². The average Bonchev–Trinajstić information content (AvgIpc) is 2.66. The molecule has 0 N–H and O–H groups in total. The minimum atomic E-state index is -0.135. The zero-order valence-electron chi connectivity index (χ0n) is 9.03. The Morgan fingerprint density at radius 2 is 2.00 bits per heavy atom. The number of para-hydroxylation sites is 1. The number of benzene rings is 1. The summed E-state index contributed by atoms with van der Waals surface area (Å²) in [6.07, 6.45) is 0. The maximum absolute atomic E-state index is 11.6. The number of aromatic nitrogens is 4. The van der Waals surface area contributed by atoms with Gasteiger partial charge < -0.3 is 0 Å². The molecule has 6 heteroatoms. The molecule has 82 valence electrons. The van der Waals surface area contributed by atoms with Crippen molar-refractivity contribution >= 4 is 17.5 Å². The maximum Gasteiger partial charge on any atom is 0.256 e. The molecule has 0 aliphatic heterocycles. The zero-order chi connectivity index (χ0) is 11.5. The Bertz CT molecular complexity index is 493. The van der Waals surface area contributed by atoms with Gasteiger partial charge in [-0.2, -0.15) is 0 Å². The molecule has 0 saturated carbocycles. The monoisotopic (exact) mass is 217 g/mol. The smallest absolute Gasteiger partial charge is 0.256 e. The molecule has 0 bridgehead atoms. The van der Waals surface area contributed by atoms with Crippen LogP contribution in [0.5, 0.6) is 0 Å². The lowest BCUT2D eigenvalue weighted by molar-refractivity contribution is -0.115. The van der Waals surface area contributed by atoms with E-state index in [4.69, 9.17) is 0 Å². The normalized spacial score (nSPS) is 10.1. The standard InChI is InChI=1S/C10H11N5O/c1-8(16)15(9-6-4-3-5-7-9)10-11-12-13-14(10)2/h3-7H,1-2H3. The highest BCUT2D eigenvalue weighted by Gasteiger charge is 2.18. The Morgan fingerprint density at radius 3 is 2.50 bits per heavy atom. The molecule has 0 unspecified atom stereocenters. The van der Waals surface area contributed by atoms with Crippen molar-refractivity contribution < 1.29 is 4.79 Å². The SMILES string of the molecule is CC(=O)N(c1ccccc1)c1nnnn1C. The third kappa shape index (κ3) is 1.77. The number of anilines is 2. The van der Waals surface area contributed by atoms with Gasteiger partial charge in [-0.15, -0.1) is 0 Å². The van der Waals surface area contributed by atoms with Crippen LogP contribution in [-0.4, -0.2) is 26.1 Å². The molecule has 1 aromatic carbocycles. The van der Waals surface area contributed by atoms with Gasteiger partial charge in [0.05, 0.1) is 5.69 Å². The summed E-state index contributed by atoms with van der Waals surface area (Å²) in [6, 6.07) is 9.26. The minimum absolute atomic E-state index is 0.135. The number of hydrogen-bond donors (Lipinski definition) is 0. The second-order valence-corrected chi connectivity index (χ2v) is 3.29. The van der Waals surface area contributed by atoms with E-state index in [9.17, 15) is 4.79 Å². The Balaban J connectivity index is 2.48. The summed E-state index contributed by atoms with van der Waals surface area (Å²) in [5, 5.41) is 11.0. The first-order valence-electron chi connectivity index (χ1n) is 4.78. The topological polar surface area (TPSA) is 63.9 Å². The van der Waals surface area contributed by atoms with Gasteiger partial charge >= 0.3 is 0 Å². The van der Waals surface area contributed by atoms with E-state index in [0.29, 0.717) is 5.95 Å². The van der Waals surface area contributed by atoms with Gasteiger partial charge in [0.15, 0.2) is 0 Å². The van der Waals surface area contributed by atoms with Crippen LogP contribution in [0.1, 0.15) is 6.92 Å². The van der Waals surface area contributed by atoms with Crippen molar-refractivity contribution in [2.75, 3.05) is 4.90 Å². The van der Waals surface area contributed by atoms with E-state index in [2.05, 4.69) is 15.5 Å². The van der Waals surface area contributed by atoms with Crippen LogP contribution in [0.15, 0.2) is 30.3 Å². The first-order chi connectivity index (χ1) is 7.70. The number of tetrazole rings is 1. The van der Waals surface area contributed by atoms with Crippen LogP contribution in [0.4, 0.5) is 11.6 Å². The lowest BCUT2D eigenvalue weighted by Crippen LogP contribution is -2.25. The number of carbonyl (C=O) groups excluding carboxylic acids is 1. The van der Waals surface area contributed by atoms with Gasteiger partial charge in [0.25, 0.3) is 5.95 Å². The molecule has 0 aliphatic carbocycles. The van der Waals surface area contributed by atoms with Crippen molar-refractivity contribution in [2.45, 2.75) is 6.92 Å². The van der Waals surface area contributed by atoms with E-state index in [1.54, 1.807) is 7.05 Å². The molecule has 0 spiro atoms. The average molecular weight is 217 g/mol. The van der Waals surface area contributed by atoms with Crippen molar-refractivity contribution in [3.63, 3.8) is 0 Å². The highest BCUT2D eigenvalue weighted by molar-refractivity contribution is 5.97. The zero-order valence-corrected chi connectivity index (χ0v) is 9.03. The summed E-state index contributed by atoms with van der Waals surface area (Å²) in [5.41, 5.74) is 0.743. The van der Waals surface area contributed by atoms with Crippen LogP contribution in [0.2, 0.25) is 0 Å². The van der Waals surface area contributed by atoms with Crippen LogP contribution in [0.25, 0.3) is 0 Å². The van der Waals surface area contributed by atoms with Crippen molar-refractivity contribution in [3.05, 3.63) is 30.3 Å². The van der Waals surface area contributed by atoms with Crippen molar-refractivity contribution in [3.8, 4) is 0 Å². The fourth-order valence-corrected chi connectivity index (χ4v) is 1.43. The summed E-state index contributed by atoms with van der Waals surface area (Å²) in [7, 11) is 1.69. The molecule has 16 heavy (non-hydrogen) atoms. The second kappa shape index (κ2) is 4.09. The molecule has 6 nitrogen and oxygen atoms in total. The first kappa shape index (κ1) is 10.3. The predicted octanol–water partition coefficient (Wildman–Crippen LogP) is 0.895. The highest BCUT2D eigenvalue weighted by Crippen LogP contribution is 2.21. The first-order valence-corrected chi connectivity index (χ1v) is 4.78. The maximum atomic E-state index is 11.6. The summed E-state index contributed by atoms with van der Waals surface area (Å²) in [6.45, 7) is 1.47. The van der Waals surface area contributed by atoms with Crippen LogP contribution >= 0.6 is 0 Å². The van der Waals surface area contributed by atoms with E-state index < -0.39 is 0 Å². The van der Waals surface area contributed by atoms with Crippen LogP contribution in [-0.2, 0) is 11.8 Å². The number of hydrogen-bond acceptors (Lipinski definition) is 4. The van der Waals surface area contributed by atoms with Crippen LogP contribution < -0.4 is 4.90 Å². The molecule has 1 amide bonds. The molecular weight excluding hydrogens is 206 g/mol. The fourth-order valence-electron chi connectivity index (χ4n) is 1.43. The van der Waals surface area contributed by atoms with Gasteiger partial charge in [-0.05, 0) is 22.6 Å². The molecule has 0 fully saturated rings. The number of rotatable bonds is 2. The van der Waals surface area contributed by atoms with Crippen molar-refractivity contribution in [2.24, 2.45) is 7.05 Å². The molecule has 2 aromatic rings. The van der Waals surface area contributed by atoms with Gasteiger partial charge in [0.1, 0.15) is 0 Å². The van der Waals surface area contributed by atoms with E-state index >= 15 is 0 Å². The van der Waals surface area contributed by atoms with E-state index in [1.165, 1.54) is 16.5 Å². The van der Waals surface area contributed by atoms with Gasteiger partial charge in [0.2, 0.25) is 5.91 Å². The van der Waals surface area contributed by atoms with Crippen molar-refractivity contribution in [1.82, 2.24) is 20.2 Å². The Kier molecular flexibility index (Phi) is 2.63. The fraction of sp³-hybridized carbons (Fsp3) is 0.200. The number of carbonyl (C=O) groups is 1. The number of nitrogens with zero attached hydrogens (tertiary/aromatic N) is 5. The third-order valence-corrected chi connectivity index (χ3v) is 2.13. The summed E-state index contributed by atoms with van der Waals surface area (Å²) in [5.74, 6) is 0.266. The van der Waals surface area contributed by atoms with Gasteiger partial charge in [0, 0.05) is 14.0 Å². The Hall–Kier alpha value is -2.24. The summed E-state index contributed by atoms with van der Waals surface area (Å²) < 4.78 is 1.45. The number of amides is 1. The molecule has 2 rings (SSSR count). The third-order valence-electron chi connectivity index (χ3n) is 2.13. The lowest BCUT2D eigenvalue weighted by atomic mass is 10.3. The van der Waals surface area contributed by atoms with Gasteiger partial charge in [-0.3, -0.25) is 4.79 Å². The lowest BCUT2D eigenvalue weighted by Gasteiger charge is -2.18. The quantitative estimate of drug-likeness (QED) is 0.749. The van der Waals surface area contributed by atoms with Gasteiger partial charge in [-0.1, -0.05) is 23.3 Å². The largest absolute Gasteiger partial charge is 0.274 e. The summed E-state index contributed by atoms with van der Waals surface area (Å²) in [4.78, 5) is 13.1. The second-order valence-electron chi connectivity index (χ2n) is 3.29. The predicted molar refractivity (Wildman–Crippen MR) is 58.1 cm³/mol. The van der Waals surface area contributed by atoms with Crippen LogP contribution in [0.3, 0.4) is 0 Å². The molecule has 0 aliphatic rings. The molecular formula is C10H11N5O. The summed E-state index contributed by atoms with van der Waals surface area (Å²) >= 11 is 0. The van der Waals surface area contributed by atoms with Crippen LogP contribution in [0, 0.1) is 0 Å². The molecule has 0 atom stereocenters. The van der Waals surface area contributed by atoms with E-state index in [1.807, 2.05) is 30.3 Å². The Labute approximate surface area is 92.5 Å². The van der Waals surface area contributed by atoms with E-state index in [0.717, 1.165) is 5.69 Å². The molecule has 0 saturated heterocycles. The minimum Gasteiger partial charge on any atom is -0.274 e. The van der Waals surface area contributed by atoms with Gasteiger partial charge in [-0.25, -0.2) is 9.58 Å². The molecule has 1 heterocycles. The molecule has 0 radical (unpaired) electrons. The van der Waals surface area contributed by atoms with Crippen molar-refractivity contribution in [1.29, 1.82) is 0 Å². The molecule has 1 aromatic heterocycles. The highest BCUT2D eigenvalue weighted by atomic mass is 16.2.